The molecule has 6 nitrogen and oxygen atoms in total. The van der Waals surface area contributed by atoms with Gasteiger partial charge in [0.15, 0.2) is 0 Å². The van der Waals surface area contributed by atoms with Gasteiger partial charge in [0.2, 0.25) is 5.91 Å². The van der Waals surface area contributed by atoms with Crippen LogP contribution in [0.5, 0.6) is 0 Å². The summed E-state index contributed by atoms with van der Waals surface area (Å²) in [7, 11) is 0. The normalized spacial score (nSPS) is 11.8. The molecule has 4 N–H and O–H groups in total. The molecule has 1 amide bonds. The van der Waals surface area contributed by atoms with E-state index in [4.69, 9.17) is 10.8 Å². The zero-order valence-electron chi connectivity index (χ0n) is 6.32. The maximum atomic E-state index is 10.8. The lowest BCUT2D eigenvalue weighted by atomic mass is 10.2. The van der Waals surface area contributed by atoms with Gasteiger partial charge in [0.05, 0.1) is 19.0 Å². The number of carbonyl (C=O) groups is 3. The lowest BCUT2D eigenvalue weighted by Crippen LogP contribution is -2.42. The Morgan fingerprint density at radius 1 is 1.58 bits per heavy atom. The van der Waals surface area contributed by atoms with Gasteiger partial charge in [-0.2, -0.15) is 0 Å². The molecule has 0 aromatic carbocycles. The minimum absolute atomic E-state index is 0.147. The van der Waals surface area contributed by atoms with Gasteiger partial charge in [-0.3, -0.25) is 9.59 Å². The molecule has 0 aromatic rings. The molecule has 0 unspecified atom stereocenters. The lowest BCUT2D eigenvalue weighted by Gasteiger charge is -2.06. The summed E-state index contributed by atoms with van der Waals surface area (Å²) in [4.78, 5) is 30.6. The number of carbonyl (C=O) groups excluding carboxylic acids is 2. The maximum Gasteiger partial charge on any atom is 0.305 e. The van der Waals surface area contributed by atoms with E-state index in [1.807, 2.05) is 0 Å². The zero-order chi connectivity index (χ0) is 9.56. The van der Waals surface area contributed by atoms with E-state index in [0.29, 0.717) is 6.29 Å². The van der Waals surface area contributed by atoms with E-state index < -0.39 is 24.3 Å². The van der Waals surface area contributed by atoms with E-state index in [1.54, 1.807) is 0 Å². The van der Waals surface area contributed by atoms with Crippen molar-refractivity contribution in [1.29, 1.82) is 0 Å². The van der Waals surface area contributed by atoms with Crippen LogP contribution in [0.2, 0.25) is 0 Å². The molecular formula is C6H10N2O4. The van der Waals surface area contributed by atoms with Crippen LogP contribution >= 0.6 is 0 Å². The second-order valence-electron chi connectivity index (χ2n) is 2.12. The smallest absolute Gasteiger partial charge is 0.305 e. The van der Waals surface area contributed by atoms with E-state index in [2.05, 4.69) is 5.32 Å². The third-order valence-corrected chi connectivity index (χ3v) is 1.09. The first-order valence-corrected chi connectivity index (χ1v) is 3.26. The molecule has 0 heterocycles. The molecule has 1 atom stereocenters. The molecule has 0 aliphatic heterocycles. The predicted octanol–water partition coefficient (Wildman–Crippen LogP) is -1.90. The van der Waals surface area contributed by atoms with E-state index in [1.165, 1.54) is 0 Å². The van der Waals surface area contributed by atoms with Crippen molar-refractivity contribution in [3.8, 4) is 0 Å². The largest absolute Gasteiger partial charge is 0.481 e. The van der Waals surface area contributed by atoms with Gasteiger partial charge in [-0.05, 0) is 0 Å². The van der Waals surface area contributed by atoms with Crippen molar-refractivity contribution in [3.05, 3.63) is 0 Å². The van der Waals surface area contributed by atoms with Crippen molar-refractivity contribution in [2.24, 2.45) is 5.73 Å². The Bertz CT molecular complexity index is 192. The summed E-state index contributed by atoms with van der Waals surface area (Å²) in [6, 6.07) is -1.09. The first-order chi connectivity index (χ1) is 5.57. The highest BCUT2D eigenvalue weighted by Gasteiger charge is 2.15. The van der Waals surface area contributed by atoms with Crippen molar-refractivity contribution in [1.82, 2.24) is 5.32 Å². The monoisotopic (exact) mass is 174 g/mol. The third-order valence-electron chi connectivity index (χ3n) is 1.09. The second kappa shape index (κ2) is 5.25. The summed E-state index contributed by atoms with van der Waals surface area (Å²) in [6.07, 6.45) is 0.0517. The van der Waals surface area contributed by atoms with E-state index >= 15 is 0 Å². The van der Waals surface area contributed by atoms with Crippen molar-refractivity contribution >= 4 is 18.2 Å². The molecule has 0 spiro atoms. The van der Waals surface area contributed by atoms with E-state index in [0.717, 1.165) is 0 Å². The molecule has 0 radical (unpaired) electrons. The van der Waals surface area contributed by atoms with Crippen molar-refractivity contribution < 1.29 is 19.5 Å². The average Bonchev–Trinajstić information content (AvgIpc) is 1.98. The summed E-state index contributed by atoms with van der Waals surface area (Å²) in [5.74, 6) is -1.78. The fraction of sp³-hybridized carbons (Fsp3) is 0.500. The van der Waals surface area contributed by atoms with E-state index in [9.17, 15) is 14.4 Å². The highest BCUT2D eigenvalue weighted by Crippen LogP contribution is 1.86. The van der Waals surface area contributed by atoms with Crippen LogP contribution in [0.4, 0.5) is 0 Å². The minimum atomic E-state index is -1.15. The maximum absolute atomic E-state index is 10.8. The SMILES string of the molecule is N[C@@H](CC(=O)O)C(=O)NCC=O. The Morgan fingerprint density at radius 3 is 2.58 bits per heavy atom. The highest BCUT2D eigenvalue weighted by atomic mass is 16.4. The van der Waals surface area contributed by atoms with Gasteiger partial charge in [-0.15, -0.1) is 0 Å². The number of nitrogens with two attached hydrogens (primary N) is 1. The van der Waals surface area contributed by atoms with Crippen molar-refractivity contribution in [3.63, 3.8) is 0 Å². The molecule has 12 heavy (non-hydrogen) atoms. The van der Waals surface area contributed by atoms with Crippen molar-refractivity contribution in [2.45, 2.75) is 12.5 Å². The fourth-order valence-corrected chi connectivity index (χ4v) is 0.554. The fourth-order valence-electron chi connectivity index (χ4n) is 0.554. The molecule has 0 aliphatic carbocycles. The number of amides is 1. The summed E-state index contributed by atoms with van der Waals surface area (Å²) in [6.45, 7) is -0.147. The summed E-state index contributed by atoms with van der Waals surface area (Å²) in [5.41, 5.74) is 5.15. The Balaban J connectivity index is 3.76. The number of hydrogen-bond acceptors (Lipinski definition) is 4. The Morgan fingerprint density at radius 2 is 2.17 bits per heavy atom. The van der Waals surface area contributed by atoms with Crippen LogP contribution in [0.3, 0.4) is 0 Å². The summed E-state index contributed by atoms with van der Waals surface area (Å²) in [5, 5.41) is 10.4. The van der Waals surface area contributed by atoms with Crippen LogP contribution in [-0.4, -0.2) is 35.9 Å². The van der Waals surface area contributed by atoms with Gasteiger partial charge in [-0.1, -0.05) is 0 Å². The number of carboxylic acid groups (broad SMARTS) is 1. The number of aliphatic carboxylic acids is 1. The number of hydrogen-bond donors (Lipinski definition) is 3. The van der Waals surface area contributed by atoms with Gasteiger partial charge in [0.25, 0.3) is 0 Å². The second-order valence-corrected chi connectivity index (χ2v) is 2.12. The molecule has 0 aromatic heterocycles. The van der Waals surface area contributed by atoms with Crippen LogP contribution in [0, 0.1) is 0 Å². The van der Waals surface area contributed by atoms with Gasteiger partial charge in [0.1, 0.15) is 6.29 Å². The molecule has 0 rings (SSSR count). The molecule has 0 bridgehead atoms. The van der Waals surface area contributed by atoms with Crippen LogP contribution in [0.25, 0.3) is 0 Å². The molecule has 0 saturated carbocycles. The Labute approximate surface area is 68.7 Å². The summed E-state index contributed by atoms with van der Waals surface area (Å²) < 4.78 is 0. The minimum Gasteiger partial charge on any atom is -0.481 e. The molecule has 0 fully saturated rings. The van der Waals surface area contributed by atoms with Crippen LogP contribution in [-0.2, 0) is 14.4 Å². The third kappa shape index (κ3) is 4.40. The first kappa shape index (κ1) is 10.6. The van der Waals surface area contributed by atoms with Gasteiger partial charge in [0, 0.05) is 0 Å². The highest BCUT2D eigenvalue weighted by molar-refractivity contribution is 5.86. The number of nitrogens with one attached hydrogen (secondary N) is 1. The lowest BCUT2D eigenvalue weighted by molar-refractivity contribution is -0.139. The number of rotatable bonds is 5. The zero-order valence-corrected chi connectivity index (χ0v) is 6.32. The molecule has 68 valence electrons. The standard InChI is InChI=1S/C6H10N2O4/c7-4(3-5(10)11)6(12)8-1-2-9/h2,4H,1,3,7H2,(H,8,12)(H,10,11)/t4-/m0/s1. The van der Waals surface area contributed by atoms with E-state index in [-0.39, 0.29) is 6.54 Å². The Hall–Kier alpha value is -1.43. The average molecular weight is 174 g/mol. The Kier molecular flexibility index (Phi) is 4.62. The predicted molar refractivity (Wildman–Crippen MR) is 39.3 cm³/mol. The van der Waals surface area contributed by atoms with Gasteiger partial charge < -0.3 is 21.0 Å². The van der Waals surface area contributed by atoms with Gasteiger partial charge >= 0.3 is 5.97 Å². The van der Waals surface area contributed by atoms with Crippen molar-refractivity contribution in [2.75, 3.05) is 6.54 Å². The molecular weight excluding hydrogens is 164 g/mol. The number of aldehydes is 1. The van der Waals surface area contributed by atoms with Crippen LogP contribution < -0.4 is 11.1 Å². The topological polar surface area (TPSA) is 109 Å². The quantitative estimate of drug-likeness (QED) is 0.422. The first-order valence-electron chi connectivity index (χ1n) is 3.26. The summed E-state index contributed by atoms with van der Waals surface area (Å²) >= 11 is 0. The molecule has 0 aliphatic rings. The van der Waals surface area contributed by atoms with Crippen LogP contribution in [0.15, 0.2) is 0 Å². The van der Waals surface area contributed by atoms with Crippen LogP contribution in [0.1, 0.15) is 6.42 Å². The van der Waals surface area contributed by atoms with Gasteiger partial charge in [-0.25, -0.2) is 0 Å². The molecule has 0 saturated heterocycles. The number of carboxylic acids is 1. The molecule has 6 heteroatoms.